The minimum atomic E-state index is -0.296. The first-order chi connectivity index (χ1) is 7.53. The molecule has 0 bridgehead atoms. The zero-order valence-corrected chi connectivity index (χ0v) is 12.1. The van der Waals surface area contributed by atoms with Crippen molar-refractivity contribution in [3.05, 3.63) is 12.2 Å². The van der Waals surface area contributed by atoms with Gasteiger partial charge in [0.2, 0.25) is 0 Å². The molecule has 1 heterocycles. The van der Waals surface area contributed by atoms with E-state index in [1.54, 1.807) is 6.92 Å². The molecule has 0 spiro atoms. The summed E-state index contributed by atoms with van der Waals surface area (Å²) in [6.45, 7) is 14.0. The van der Waals surface area contributed by atoms with Crippen molar-refractivity contribution in [2.75, 3.05) is 7.05 Å². The van der Waals surface area contributed by atoms with Crippen LogP contribution in [0.15, 0.2) is 12.2 Å². The van der Waals surface area contributed by atoms with E-state index in [4.69, 9.17) is 4.84 Å². The van der Waals surface area contributed by atoms with E-state index < -0.39 is 0 Å². The van der Waals surface area contributed by atoms with Gasteiger partial charge in [0.05, 0.1) is 0 Å². The van der Waals surface area contributed by atoms with Gasteiger partial charge in [0.1, 0.15) is 18.1 Å². The fraction of sp³-hybridized carbons (Fsp3) is 0.786. The van der Waals surface area contributed by atoms with E-state index in [9.17, 15) is 4.79 Å². The van der Waals surface area contributed by atoms with E-state index in [1.807, 2.05) is 7.05 Å². The first kappa shape index (κ1) is 14.2. The van der Waals surface area contributed by atoms with Crippen LogP contribution in [0.2, 0.25) is 0 Å². The lowest BCUT2D eigenvalue weighted by molar-refractivity contribution is -1.15. The average Bonchev–Trinajstić information content (AvgIpc) is 2.14. The van der Waals surface area contributed by atoms with Crippen molar-refractivity contribution in [1.29, 1.82) is 0 Å². The smallest absolute Gasteiger partial charge is 0.271 e. The van der Waals surface area contributed by atoms with Crippen molar-refractivity contribution in [3.63, 3.8) is 0 Å². The fourth-order valence-electron chi connectivity index (χ4n) is 2.69. The normalized spacial score (nSPS) is 25.1. The van der Waals surface area contributed by atoms with Crippen LogP contribution in [0.4, 0.5) is 0 Å². The van der Waals surface area contributed by atoms with E-state index >= 15 is 0 Å². The number of carbonyl (C=O) groups excluding carboxylic acids is 1. The molecule has 1 saturated heterocycles. The molecule has 0 aromatic rings. The van der Waals surface area contributed by atoms with Crippen LogP contribution in [0.1, 0.15) is 53.9 Å². The van der Waals surface area contributed by atoms with Gasteiger partial charge in [-0.2, -0.15) is 0 Å². The van der Waals surface area contributed by atoms with Crippen LogP contribution >= 0.6 is 0 Å². The molecule has 0 N–H and O–H groups in total. The number of nitrogens with zero attached hydrogens (tertiary/aromatic N) is 1. The molecule has 0 radical (unpaired) electrons. The summed E-state index contributed by atoms with van der Waals surface area (Å²) in [5, 5.41) is 0. The van der Waals surface area contributed by atoms with Crippen LogP contribution in [-0.4, -0.2) is 28.7 Å². The number of piperidine rings is 1. The van der Waals surface area contributed by atoms with Gasteiger partial charge in [-0.25, -0.2) is 4.79 Å². The number of likely N-dealkylation sites (tertiary alicyclic amines) is 1. The highest BCUT2D eigenvalue weighted by Gasteiger charge is 2.57. The van der Waals surface area contributed by atoms with Gasteiger partial charge in [-0.1, -0.05) is 6.58 Å². The zero-order valence-electron chi connectivity index (χ0n) is 12.1. The number of quaternary nitrogens is 1. The van der Waals surface area contributed by atoms with Gasteiger partial charge in [0.25, 0.3) is 0 Å². The van der Waals surface area contributed by atoms with Gasteiger partial charge in [-0.15, -0.1) is 4.65 Å². The van der Waals surface area contributed by atoms with Gasteiger partial charge < -0.3 is 0 Å². The van der Waals surface area contributed by atoms with Crippen molar-refractivity contribution in [1.82, 2.24) is 0 Å². The molecule has 0 saturated carbocycles. The molecule has 3 heteroatoms. The maximum Gasteiger partial charge on any atom is 0.392 e. The van der Waals surface area contributed by atoms with E-state index in [0.717, 1.165) is 12.8 Å². The van der Waals surface area contributed by atoms with Gasteiger partial charge in [0.15, 0.2) is 0 Å². The standard InChI is InChI=1S/C14H26NO2/c1-11(2)12(16)17-15(7)13(3,4)9-8-10-14(15,5)6/h1,8-10H2,2-7H3/q+1. The molecule has 1 aliphatic heterocycles. The Kier molecular flexibility index (Phi) is 3.45. The molecule has 0 unspecified atom stereocenters. The number of carbonyl (C=O) groups is 1. The molecule has 17 heavy (non-hydrogen) atoms. The minimum Gasteiger partial charge on any atom is -0.271 e. The topological polar surface area (TPSA) is 26.3 Å². The second-order valence-electron chi connectivity index (χ2n) is 6.56. The predicted molar refractivity (Wildman–Crippen MR) is 69.1 cm³/mol. The van der Waals surface area contributed by atoms with Crippen molar-refractivity contribution in [3.8, 4) is 0 Å². The Balaban J connectivity index is 3.09. The van der Waals surface area contributed by atoms with Crippen LogP contribution in [0, 0.1) is 0 Å². The van der Waals surface area contributed by atoms with E-state index in [-0.39, 0.29) is 17.0 Å². The summed E-state index contributed by atoms with van der Waals surface area (Å²) in [6, 6.07) is 0. The maximum absolute atomic E-state index is 11.9. The molecule has 1 rings (SSSR count). The van der Waals surface area contributed by atoms with Crippen LogP contribution in [-0.2, 0) is 9.63 Å². The molecule has 98 valence electrons. The van der Waals surface area contributed by atoms with E-state index in [0.29, 0.717) is 10.2 Å². The second-order valence-corrected chi connectivity index (χ2v) is 6.56. The molecule has 0 aromatic carbocycles. The van der Waals surface area contributed by atoms with Crippen molar-refractivity contribution in [2.45, 2.75) is 65.0 Å². The number of hydroxylamine groups is 3. The molecule has 0 aromatic heterocycles. The van der Waals surface area contributed by atoms with Crippen molar-refractivity contribution >= 4 is 5.97 Å². The summed E-state index contributed by atoms with van der Waals surface area (Å²) in [7, 11) is 2.01. The Morgan fingerprint density at radius 1 is 1.18 bits per heavy atom. The number of rotatable bonds is 2. The lowest BCUT2D eigenvalue weighted by atomic mass is 9.79. The first-order valence-electron chi connectivity index (χ1n) is 6.30. The lowest BCUT2D eigenvalue weighted by Gasteiger charge is -2.55. The van der Waals surface area contributed by atoms with Crippen molar-refractivity contribution in [2.24, 2.45) is 0 Å². The highest BCUT2D eigenvalue weighted by Crippen LogP contribution is 2.44. The Morgan fingerprint density at radius 2 is 1.59 bits per heavy atom. The lowest BCUT2D eigenvalue weighted by Crippen LogP contribution is -2.71. The summed E-state index contributed by atoms with van der Waals surface area (Å²) in [5.74, 6) is -0.296. The molecule has 0 atom stereocenters. The predicted octanol–water partition coefficient (Wildman–Crippen LogP) is 3.21. The third kappa shape index (κ3) is 2.25. The largest absolute Gasteiger partial charge is 0.392 e. The highest BCUT2D eigenvalue weighted by atomic mass is 16.8. The SMILES string of the molecule is C=C(C)C(=O)O[N+]1(C)C(C)(C)CCCC1(C)C. The molecule has 1 fully saturated rings. The van der Waals surface area contributed by atoms with Crippen LogP contribution < -0.4 is 0 Å². The summed E-state index contributed by atoms with van der Waals surface area (Å²) in [5.41, 5.74) is 0.334. The van der Waals surface area contributed by atoms with E-state index in [2.05, 4.69) is 34.3 Å². The summed E-state index contributed by atoms with van der Waals surface area (Å²) < 4.78 is 0.325. The maximum atomic E-state index is 11.9. The minimum absolute atomic E-state index is 0.0626. The van der Waals surface area contributed by atoms with Crippen LogP contribution in [0.5, 0.6) is 0 Å². The molecular weight excluding hydrogens is 214 g/mol. The Bertz CT molecular complexity index is 326. The molecule has 1 aliphatic rings. The highest BCUT2D eigenvalue weighted by molar-refractivity contribution is 5.86. The molecule has 0 aliphatic carbocycles. The van der Waals surface area contributed by atoms with Crippen molar-refractivity contribution < 1.29 is 14.3 Å². The van der Waals surface area contributed by atoms with Gasteiger partial charge in [0, 0.05) is 18.4 Å². The van der Waals surface area contributed by atoms with Gasteiger partial charge >= 0.3 is 5.97 Å². The number of hydrogen-bond donors (Lipinski definition) is 0. The first-order valence-corrected chi connectivity index (χ1v) is 6.30. The van der Waals surface area contributed by atoms with Crippen LogP contribution in [0.25, 0.3) is 0 Å². The third-order valence-electron chi connectivity index (χ3n) is 4.50. The summed E-state index contributed by atoms with van der Waals surface area (Å²) in [4.78, 5) is 17.6. The van der Waals surface area contributed by atoms with E-state index in [1.165, 1.54) is 6.42 Å². The van der Waals surface area contributed by atoms with Gasteiger partial charge in [-0.05, 0) is 41.0 Å². The fourth-order valence-corrected chi connectivity index (χ4v) is 2.69. The Labute approximate surface area is 105 Å². The molecular formula is C14H26NO2+. The second kappa shape index (κ2) is 4.13. The quantitative estimate of drug-likeness (QED) is 0.547. The summed E-state index contributed by atoms with van der Waals surface area (Å²) in [6.07, 6.45) is 3.31. The van der Waals surface area contributed by atoms with Gasteiger partial charge in [-0.3, -0.25) is 4.84 Å². The Morgan fingerprint density at radius 3 is 1.94 bits per heavy atom. The zero-order chi connectivity index (χ0) is 13.5. The van der Waals surface area contributed by atoms with Crippen LogP contribution in [0.3, 0.4) is 0 Å². The third-order valence-corrected chi connectivity index (χ3v) is 4.50. The Hall–Kier alpha value is -0.830. The molecule has 0 amide bonds. The number of hydrogen-bond acceptors (Lipinski definition) is 2. The molecule has 3 nitrogen and oxygen atoms in total. The average molecular weight is 240 g/mol. The summed E-state index contributed by atoms with van der Waals surface area (Å²) >= 11 is 0. The monoisotopic (exact) mass is 240 g/mol.